The van der Waals surface area contributed by atoms with Crippen molar-refractivity contribution in [2.45, 2.75) is 26.2 Å². The van der Waals surface area contributed by atoms with Gasteiger partial charge in [0.15, 0.2) is 0 Å². The SMILES string of the molecule is Cc1cc([N+](=O)[O-])cnc1N1CCC(CCC(=O)O)C1. The molecular weight excluding hydrogens is 262 g/mol. The average molecular weight is 279 g/mol. The highest BCUT2D eigenvalue weighted by Gasteiger charge is 2.25. The summed E-state index contributed by atoms with van der Waals surface area (Å²) in [7, 11) is 0. The maximum atomic E-state index is 10.7. The Bertz CT molecular complexity index is 532. The first-order valence-electron chi connectivity index (χ1n) is 6.55. The van der Waals surface area contributed by atoms with Crippen LogP contribution in [0, 0.1) is 23.0 Å². The van der Waals surface area contributed by atoms with E-state index in [-0.39, 0.29) is 12.1 Å². The van der Waals surface area contributed by atoms with Crippen molar-refractivity contribution in [1.29, 1.82) is 0 Å². The lowest BCUT2D eigenvalue weighted by Crippen LogP contribution is -2.22. The summed E-state index contributed by atoms with van der Waals surface area (Å²) in [4.78, 5) is 27.1. The molecule has 2 rings (SSSR count). The highest BCUT2D eigenvalue weighted by atomic mass is 16.6. The van der Waals surface area contributed by atoms with E-state index in [9.17, 15) is 14.9 Å². The van der Waals surface area contributed by atoms with Crippen LogP contribution in [0.4, 0.5) is 11.5 Å². The summed E-state index contributed by atoms with van der Waals surface area (Å²) in [6.07, 6.45) is 3.06. The van der Waals surface area contributed by atoms with Crippen LogP contribution in [0.5, 0.6) is 0 Å². The molecule has 0 radical (unpaired) electrons. The topological polar surface area (TPSA) is 96.6 Å². The lowest BCUT2D eigenvalue weighted by molar-refractivity contribution is -0.385. The van der Waals surface area contributed by atoms with E-state index < -0.39 is 10.9 Å². The molecule has 0 spiro atoms. The molecule has 1 atom stereocenters. The molecule has 1 fully saturated rings. The van der Waals surface area contributed by atoms with E-state index >= 15 is 0 Å². The predicted molar refractivity (Wildman–Crippen MR) is 72.8 cm³/mol. The molecular formula is C13H17N3O4. The standard InChI is InChI=1S/C13H17N3O4/c1-9-6-11(16(19)20)7-14-13(9)15-5-4-10(8-15)2-3-12(17)18/h6-7,10H,2-5,8H2,1H3,(H,17,18). The average Bonchev–Trinajstić information content (AvgIpc) is 2.84. The number of hydrogen-bond acceptors (Lipinski definition) is 5. The van der Waals surface area contributed by atoms with Crippen molar-refractivity contribution in [3.05, 3.63) is 27.9 Å². The Morgan fingerprint density at radius 1 is 1.65 bits per heavy atom. The van der Waals surface area contributed by atoms with Gasteiger partial charge in [-0.2, -0.15) is 0 Å². The second-order valence-corrected chi connectivity index (χ2v) is 5.12. The number of carboxylic acids is 1. The zero-order chi connectivity index (χ0) is 14.7. The molecule has 1 saturated heterocycles. The molecule has 0 saturated carbocycles. The second kappa shape index (κ2) is 5.85. The summed E-state index contributed by atoms with van der Waals surface area (Å²) < 4.78 is 0. The zero-order valence-corrected chi connectivity index (χ0v) is 11.3. The molecule has 1 N–H and O–H groups in total. The van der Waals surface area contributed by atoms with Crippen molar-refractivity contribution in [3.63, 3.8) is 0 Å². The van der Waals surface area contributed by atoms with E-state index in [2.05, 4.69) is 9.88 Å². The Morgan fingerprint density at radius 2 is 2.40 bits per heavy atom. The quantitative estimate of drug-likeness (QED) is 0.654. The number of nitrogens with zero attached hydrogens (tertiary/aromatic N) is 3. The maximum absolute atomic E-state index is 10.7. The molecule has 1 aliphatic rings. The maximum Gasteiger partial charge on any atom is 0.303 e. The fourth-order valence-corrected chi connectivity index (χ4v) is 2.57. The Kier molecular flexibility index (Phi) is 4.16. The van der Waals surface area contributed by atoms with Crippen molar-refractivity contribution >= 4 is 17.5 Å². The number of aliphatic carboxylic acids is 1. The third-order valence-electron chi connectivity index (χ3n) is 3.60. The van der Waals surface area contributed by atoms with Gasteiger partial charge < -0.3 is 10.0 Å². The fourth-order valence-electron chi connectivity index (χ4n) is 2.57. The first kappa shape index (κ1) is 14.2. The molecule has 0 amide bonds. The normalized spacial score (nSPS) is 18.2. The van der Waals surface area contributed by atoms with Crippen molar-refractivity contribution in [3.8, 4) is 0 Å². The number of hydrogen-bond donors (Lipinski definition) is 1. The minimum atomic E-state index is -0.770. The minimum absolute atomic E-state index is 0.00660. The van der Waals surface area contributed by atoms with Gasteiger partial charge in [0.05, 0.1) is 4.92 Å². The number of carbonyl (C=O) groups is 1. The summed E-state index contributed by atoms with van der Waals surface area (Å²) in [5, 5.41) is 19.4. The molecule has 108 valence electrons. The molecule has 0 aromatic carbocycles. The molecule has 7 nitrogen and oxygen atoms in total. The van der Waals surface area contributed by atoms with Crippen LogP contribution in [-0.2, 0) is 4.79 Å². The molecule has 0 aliphatic carbocycles. The first-order chi connectivity index (χ1) is 9.47. The molecule has 7 heteroatoms. The Morgan fingerprint density at radius 3 is 3.00 bits per heavy atom. The third-order valence-corrected chi connectivity index (χ3v) is 3.60. The first-order valence-corrected chi connectivity index (χ1v) is 6.55. The number of nitro groups is 1. The number of aromatic nitrogens is 1. The summed E-state index contributed by atoms with van der Waals surface area (Å²) in [5.74, 6) is 0.337. The molecule has 1 aromatic heterocycles. The van der Waals surface area contributed by atoms with E-state index in [4.69, 9.17) is 5.11 Å². The van der Waals surface area contributed by atoms with Gasteiger partial charge in [-0.25, -0.2) is 4.98 Å². The van der Waals surface area contributed by atoms with Crippen molar-refractivity contribution in [2.75, 3.05) is 18.0 Å². The molecule has 1 unspecified atom stereocenters. The van der Waals surface area contributed by atoms with Gasteiger partial charge in [-0.05, 0) is 31.2 Å². The predicted octanol–water partition coefficient (Wildman–Crippen LogP) is 1.99. The molecule has 1 aliphatic heterocycles. The van der Waals surface area contributed by atoms with Gasteiger partial charge in [-0.1, -0.05) is 0 Å². The van der Waals surface area contributed by atoms with Crippen molar-refractivity contribution in [2.24, 2.45) is 5.92 Å². The highest BCUT2D eigenvalue weighted by molar-refractivity contribution is 5.66. The number of pyridine rings is 1. The van der Waals surface area contributed by atoms with Gasteiger partial charge in [0.25, 0.3) is 5.69 Å². The number of carboxylic acid groups (broad SMARTS) is 1. The van der Waals surface area contributed by atoms with Crippen molar-refractivity contribution < 1.29 is 14.8 Å². The fraction of sp³-hybridized carbons (Fsp3) is 0.538. The summed E-state index contributed by atoms with van der Waals surface area (Å²) in [5.41, 5.74) is 0.769. The second-order valence-electron chi connectivity index (χ2n) is 5.12. The van der Waals surface area contributed by atoms with E-state index in [0.717, 1.165) is 30.9 Å². The van der Waals surface area contributed by atoms with Gasteiger partial charge in [0.1, 0.15) is 12.0 Å². The Balaban J connectivity index is 2.03. The lowest BCUT2D eigenvalue weighted by Gasteiger charge is -2.19. The van der Waals surface area contributed by atoms with Crippen LogP contribution >= 0.6 is 0 Å². The van der Waals surface area contributed by atoms with Crippen LogP contribution in [0.2, 0.25) is 0 Å². The summed E-state index contributed by atoms with van der Waals surface area (Å²) >= 11 is 0. The smallest absolute Gasteiger partial charge is 0.303 e. The monoisotopic (exact) mass is 279 g/mol. The Labute approximate surface area is 116 Å². The van der Waals surface area contributed by atoms with Crippen LogP contribution in [0.3, 0.4) is 0 Å². The molecule has 20 heavy (non-hydrogen) atoms. The summed E-state index contributed by atoms with van der Waals surface area (Å²) in [6, 6.07) is 1.52. The van der Waals surface area contributed by atoms with Crippen LogP contribution < -0.4 is 4.90 Å². The minimum Gasteiger partial charge on any atom is -0.481 e. The number of aryl methyl sites for hydroxylation is 1. The molecule has 0 bridgehead atoms. The largest absolute Gasteiger partial charge is 0.481 e. The van der Waals surface area contributed by atoms with E-state index in [1.807, 2.05) is 0 Å². The van der Waals surface area contributed by atoms with E-state index in [1.54, 1.807) is 6.92 Å². The van der Waals surface area contributed by atoms with Gasteiger partial charge in [0, 0.05) is 25.6 Å². The van der Waals surface area contributed by atoms with Crippen LogP contribution in [0.15, 0.2) is 12.3 Å². The zero-order valence-electron chi connectivity index (χ0n) is 11.3. The van der Waals surface area contributed by atoms with Gasteiger partial charge >= 0.3 is 5.97 Å². The Hall–Kier alpha value is -2.18. The third kappa shape index (κ3) is 3.23. The van der Waals surface area contributed by atoms with Crippen molar-refractivity contribution in [1.82, 2.24) is 4.98 Å². The highest BCUT2D eigenvalue weighted by Crippen LogP contribution is 2.28. The van der Waals surface area contributed by atoms with Gasteiger partial charge in [-0.3, -0.25) is 14.9 Å². The molecule has 2 heterocycles. The summed E-state index contributed by atoms with van der Waals surface area (Å²) in [6.45, 7) is 3.38. The van der Waals surface area contributed by atoms with Gasteiger partial charge in [-0.15, -0.1) is 0 Å². The van der Waals surface area contributed by atoms with E-state index in [1.165, 1.54) is 12.3 Å². The van der Waals surface area contributed by atoms with Crippen LogP contribution in [0.25, 0.3) is 0 Å². The van der Waals surface area contributed by atoms with E-state index in [0.29, 0.717) is 12.3 Å². The van der Waals surface area contributed by atoms with Gasteiger partial charge in [0.2, 0.25) is 0 Å². The van der Waals surface area contributed by atoms with Crippen LogP contribution in [-0.4, -0.2) is 34.1 Å². The lowest BCUT2D eigenvalue weighted by atomic mass is 10.0. The number of rotatable bonds is 5. The molecule has 1 aromatic rings. The number of anilines is 1. The van der Waals surface area contributed by atoms with Crippen LogP contribution in [0.1, 0.15) is 24.8 Å².